The van der Waals surface area contributed by atoms with Gasteiger partial charge in [-0.1, -0.05) is 12.1 Å². The Morgan fingerprint density at radius 3 is 2.71 bits per heavy atom. The third kappa shape index (κ3) is 2.27. The van der Waals surface area contributed by atoms with Gasteiger partial charge in [-0.15, -0.1) is 0 Å². The molecule has 2 aliphatic carbocycles. The fraction of sp³-hybridized carbons (Fsp3) is 0.571. The molecule has 0 aliphatic heterocycles. The van der Waals surface area contributed by atoms with E-state index < -0.39 is 0 Å². The molecule has 0 spiro atoms. The molecule has 2 aliphatic rings. The van der Waals surface area contributed by atoms with E-state index in [0.717, 1.165) is 17.4 Å². The Hall–Kier alpha value is -0.410. The first-order valence-electron chi connectivity index (χ1n) is 6.26. The van der Waals surface area contributed by atoms with Crippen molar-refractivity contribution in [2.24, 2.45) is 17.8 Å². The Balaban J connectivity index is 1.67. The second-order valence-electron chi connectivity index (χ2n) is 5.47. The summed E-state index contributed by atoms with van der Waals surface area (Å²) >= 11 is 3.25. The molecule has 0 aromatic heterocycles. The van der Waals surface area contributed by atoms with Crippen molar-refractivity contribution in [1.82, 2.24) is 0 Å². The summed E-state index contributed by atoms with van der Waals surface area (Å²) in [5, 5.41) is 10.2. The molecule has 0 saturated heterocycles. The van der Waals surface area contributed by atoms with Crippen molar-refractivity contribution in [2.45, 2.75) is 31.8 Å². The first kappa shape index (κ1) is 11.7. The molecule has 92 valence electrons. The number of hydrogen-bond acceptors (Lipinski definition) is 1. The van der Waals surface area contributed by atoms with E-state index in [1.54, 1.807) is 6.07 Å². The van der Waals surface area contributed by atoms with Gasteiger partial charge in [-0.2, -0.15) is 0 Å². The number of aliphatic hydroxyl groups excluding tert-OH is 1. The molecule has 2 saturated carbocycles. The summed E-state index contributed by atoms with van der Waals surface area (Å²) in [6.07, 6.45) is 3.94. The predicted molar refractivity (Wildman–Crippen MR) is 68.1 cm³/mol. The van der Waals surface area contributed by atoms with Gasteiger partial charge >= 0.3 is 0 Å². The average molecular weight is 299 g/mol. The van der Waals surface area contributed by atoms with Gasteiger partial charge in [0, 0.05) is 0 Å². The highest BCUT2D eigenvalue weighted by Crippen LogP contribution is 2.55. The summed E-state index contributed by atoms with van der Waals surface area (Å²) in [6.45, 7) is 0. The average Bonchev–Trinajstić information content (AvgIpc) is 2.92. The third-order valence-corrected chi connectivity index (χ3v) is 5.17. The van der Waals surface area contributed by atoms with Gasteiger partial charge in [0.05, 0.1) is 10.6 Å². The monoisotopic (exact) mass is 298 g/mol. The molecular formula is C14H16BrFO. The Bertz CT molecular complexity index is 424. The molecule has 3 rings (SSSR count). The van der Waals surface area contributed by atoms with Gasteiger partial charge < -0.3 is 5.11 Å². The lowest BCUT2D eigenvalue weighted by molar-refractivity contribution is 0.104. The molecule has 1 aromatic rings. The van der Waals surface area contributed by atoms with Gasteiger partial charge in [-0.3, -0.25) is 0 Å². The van der Waals surface area contributed by atoms with Gasteiger partial charge in [-0.05, 0) is 71.0 Å². The molecule has 3 atom stereocenters. The molecule has 0 radical (unpaired) electrons. The topological polar surface area (TPSA) is 20.2 Å². The van der Waals surface area contributed by atoms with Crippen LogP contribution in [0.15, 0.2) is 22.7 Å². The lowest BCUT2D eigenvalue weighted by atomic mass is 9.92. The Labute approximate surface area is 109 Å². The summed E-state index contributed by atoms with van der Waals surface area (Å²) < 4.78 is 13.8. The van der Waals surface area contributed by atoms with E-state index >= 15 is 0 Å². The quantitative estimate of drug-likeness (QED) is 0.905. The number of hydrogen-bond donors (Lipinski definition) is 1. The fourth-order valence-corrected chi connectivity index (χ4v) is 3.60. The van der Waals surface area contributed by atoms with Gasteiger partial charge in [-0.25, -0.2) is 4.39 Å². The molecule has 0 bridgehead atoms. The van der Waals surface area contributed by atoms with E-state index in [9.17, 15) is 9.50 Å². The highest BCUT2D eigenvalue weighted by Gasteiger charge is 2.47. The van der Waals surface area contributed by atoms with Crippen LogP contribution in [-0.4, -0.2) is 11.2 Å². The first-order valence-corrected chi connectivity index (χ1v) is 7.05. The van der Waals surface area contributed by atoms with Crippen molar-refractivity contribution < 1.29 is 9.50 Å². The molecule has 2 fully saturated rings. The van der Waals surface area contributed by atoms with Crippen molar-refractivity contribution in [2.75, 3.05) is 0 Å². The summed E-state index contributed by atoms with van der Waals surface area (Å²) in [7, 11) is 0. The third-order valence-electron chi connectivity index (χ3n) is 4.28. The van der Waals surface area contributed by atoms with Crippen LogP contribution in [-0.2, 0) is 6.42 Å². The summed E-state index contributed by atoms with van der Waals surface area (Å²) in [5.41, 5.74) is 0.873. The van der Waals surface area contributed by atoms with Crippen LogP contribution in [0.1, 0.15) is 24.8 Å². The summed E-state index contributed by atoms with van der Waals surface area (Å²) in [4.78, 5) is 0. The molecule has 1 N–H and O–H groups in total. The van der Waals surface area contributed by atoms with Crippen LogP contribution in [0.5, 0.6) is 0 Å². The van der Waals surface area contributed by atoms with Crippen LogP contribution in [0, 0.1) is 23.6 Å². The van der Waals surface area contributed by atoms with Crippen LogP contribution in [0.3, 0.4) is 0 Å². The van der Waals surface area contributed by atoms with Crippen molar-refractivity contribution in [1.29, 1.82) is 0 Å². The zero-order valence-electron chi connectivity index (χ0n) is 9.57. The Morgan fingerprint density at radius 2 is 2.00 bits per heavy atom. The van der Waals surface area contributed by atoms with Crippen LogP contribution < -0.4 is 0 Å². The minimum atomic E-state index is -0.319. The predicted octanol–water partition coefficient (Wildman–Crippen LogP) is 3.54. The molecule has 0 heterocycles. The van der Waals surface area contributed by atoms with E-state index in [1.807, 2.05) is 6.07 Å². The van der Waals surface area contributed by atoms with Gasteiger partial charge in [0.15, 0.2) is 0 Å². The Morgan fingerprint density at radius 1 is 1.29 bits per heavy atom. The molecule has 1 aromatic carbocycles. The normalized spacial score (nSPS) is 32.3. The first-order chi connectivity index (χ1) is 8.15. The van der Waals surface area contributed by atoms with Gasteiger partial charge in [0.1, 0.15) is 5.82 Å². The Kier molecular flexibility index (Phi) is 2.99. The van der Waals surface area contributed by atoms with E-state index in [1.165, 1.54) is 25.3 Å². The largest absolute Gasteiger partial charge is 0.392 e. The number of benzene rings is 1. The summed E-state index contributed by atoms with van der Waals surface area (Å²) in [5.74, 6) is 1.94. The second-order valence-corrected chi connectivity index (χ2v) is 6.26. The van der Waals surface area contributed by atoms with Crippen molar-refractivity contribution in [3.8, 4) is 0 Å². The molecule has 1 nitrogen and oxygen atoms in total. The van der Waals surface area contributed by atoms with Crippen LogP contribution in [0.25, 0.3) is 0 Å². The maximum atomic E-state index is 13.3. The van der Waals surface area contributed by atoms with E-state index in [0.29, 0.717) is 16.8 Å². The minimum Gasteiger partial charge on any atom is -0.392 e. The molecule has 0 amide bonds. The standard InChI is InChI=1S/C14H16BrFO/c15-14-8(2-1-3-12(14)16)7-13(17)11-5-9-4-10(9)6-11/h1-3,9-11,13,17H,4-7H2. The van der Waals surface area contributed by atoms with Crippen LogP contribution in [0.2, 0.25) is 0 Å². The zero-order valence-corrected chi connectivity index (χ0v) is 11.2. The highest BCUT2D eigenvalue weighted by atomic mass is 79.9. The molecule has 17 heavy (non-hydrogen) atoms. The SMILES string of the molecule is OC(Cc1cccc(F)c1Br)C1CC2CC2C1. The van der Waals surface area contributed by atoms with Crippen molar-refractivity contribution in [3.63, 3.8) is 0 Å². The highest BCUT2D eigenvalue weighted by molar-refractivity contribution is 9.10. The van der Waals surface area contributed by atoms with Crippen molar-refractivity contribution >= 4 is 15.9 Å². The van der Waals surface area contributed by atoms with E-state index in [4.69, 9.17) is 0 Å². The molecule has 3 unspecified atom stereocenters. The lowest BCUT2D eigenvalue weighted by Crippen LogP contribution is -2.22. The maximum absolute atomic E-state index is 13.3. The zero-order chi connectivity index (χ0) is 12.0. The van der Waals surface area contributed by atoms with Crippen molar-refractivity contribution in [3.05, 3.63) is 34.1 Å². The van der Waals surface area contributed by atoms with E-state index in [-0.39, 0.29) is 11.9 Å². The molecular weight excluding hydrogens is 283 g/mol. The molecule has 3 heteroatoms. The van der Waals surface area contributed by atoms with Gasteiger partial charge in [0.2, 0.25) is 0 Å². The number of aliphatic hydroxyl groups is 1. The lowest BCUT2D eigenvalue weighted by Gasteiger charge is -2.20. The minimum absolute atomic E-state index is 0.246. The second kappa shape index (κ2) is 4.36. The number of halogens is 2. The van der Waals surface area contributed by atoms with Crippen LogP contribution in [0.4, 0.5) is 4.39 Å². The maximum Gasteiger partial charge on any atom is 0.137 e. The fourth-order valence-electron chi connectivity index (χ4n) is 3.17. The van der Waals surface area contributed by atoms with E-state index in [2.05, 4.69) is 15.9 Å². The number of fused-ring (bicyclic) bond motifs is 1. The summed E-state index contributed by atoms with van der Waals surface area (Å²) in [6, 6.07) is 5.02. The smallest absolute Gasteiger partial charge is 0.137 e. The van der Waals surface area contributed by atoms with Gasteiger partial charge in [0.25, 0.3) is 0 Å². The van der Waals surface area contributed by atoms with Crippen LogP contribution >= 0.6 is 15.9 Å². The number of rotatable bonds is 3.